The average Bonchev–Trinajstić information content (AvgIpc) is 2.38. The third-order valence-corrected chi connectivity index (χ3v) is 3.43. The predicted octanol–water partition coefficient (Wildman–Crippen LogP) is 1.53. The fraction of sp³-hybridized carbons (Fsp3) is 0.600. The highest BCUT2D eigenvalue weighted by Crippen LogP contribution is 2.20. The molecule has 6 nitrogen and oxygen atoms in total. The number of hydrogen-bond donors (Lipinski definition) is 1. The van der Waals surface area contributed by atoms with Gasteiger partial charge in [0.25, 0.3) is 5.82 Å². The highest BCUT2D eigenvalue weighted by molar-refractivity contribution is 5.68. The number of hydrogen-bond acceptors (Lipinski definition) is 4. The molecule has 0 radical (unpaired) electrons. The molecule has 3 N–H and O–H groups in total. The van der Waals surface area contributed by atoms with Crippen LogP contribution in [-0.4, -0.2) is 42.3 Å². The lowest BCUT2D eigenvalue weighted by Gasteiger charge is -2.41. The normalized spacial score (nSPS) is 19.5. The molecule has 1 amide bonds. The quantitative estimate of drug-likeness (QED) is 0.852. The molecule has 1 aromatic heterocycles. The monoisotopic (exact) mass is 293 g/mol. The van der Waals surface area contributed by atoms with Crippen LogP contribution in [0.2, 0.25) is 0 Å². The molecule has 2 heterocycles. The van der Waals surface area contributed by atoms with Crippen LogP contribution in [0.1, 0.15) is 27.7 Å². The lowest BCUT2D eigenvalue weighted by atomic mass is 10.1. The van der Waals surface area contributed by atoms with E-state index in [9.17, 15) is 4.79 Å². The number of carbonyl (C=O) groups excluding carboxylic acids is 1. The van der Waals surface area contributed by atoms with E-state index in [4.69, 9.17) is 10.5 Å². The average molecular weight is 293 g/mol. The Labute approximate surface area is 125 Å². The summed E-state index contributed by atoms with van der Waals surface area (Å²) in [5.74, 6) is 0.638. The molecule has 1 saturated heterocycles. The number of ether oxygens (including phenoxy) is 1. The Morgan fingerprint density at radius 3 is 2.62 bits per heavy atom. The molecular formula is C15H25N4O2+. The minimum Gasteiger partial charge on any atom is -0.444 e. The van der Waals surface area contributed by atoms with Crippen molar-refractivity contribution in [2.45, 2.75) is 39.3 Å². The SMILES string of the molecule is CC1CN(C(=O)OC(C)(C)C)CCN1c1ccc(N)[nH+]c1. The maximum atomic E-state index is 12.1. The van der Waals surface area contributed by atoms with Crippen molar-refractivity contribution in [1.29, 1.82) is 0 Å². The third-order valence-electron chi connectivity index (χ3n) is 3.43. The van der Waals surface area contributed by atoms with Crippen molar-refractivity contribution in [3.63, 3.8) is 0 Å². The molecule has 21 heavy (non-hydrogen) atoms. The molecule has 1 aliphatic rings. The van der Waals surface area contributed by atoms with Crippen molar-refractivity contribution in [2.24, 2.45) is 0 Å². The van der Waals surface area contributed by atoms with Crippen molar-refractivity contribution in [3.05, 3.63) is 18.3 Å². The van der Waals surface area contributed by atoms with Gasteiger partial charge >= 0.3 is 6.09 Å². The molecule has 0 spiro atoms. The van der Waals surface area contributed by atoms with Gasteiger partial charge in [0.15, 0.2) is 0 Å². The van der Waals surface area contributed by atoms with E-state index < -0.39 is 5.60 Å². The van der Waals surface area contributed by atoms with Crippen molar-refractivity contribution < 1.29 is 14.5 Å². The Hall–Kier alpha value is -1.98. The maximum absolute atomic E-state index is 12.1. The number of anilines is 2. The first-order valence-electron chi connectivity index (χ1n) is 7.28. The second-order valence-electron chi connectivity index (χ2n) is 6.47. The van der Waals surface area contributed by atoms with E-state index in [1.807, 2.05) is 39.1 Å². The van der Waals surface area contributed by atoms with E-state index in [1.165, 1.54) is 0 Å². The highest BCUT2D eigenvalue weighted by atomic mass is 16.6. The second kappa shape index (κ2) is 5.79. The lowest BCUT2D eigenvalue weighted by Crippen LogP contribution is -2.54. The number of rotatable bonds is 1. The predicted molar refractivity (Wildman–Crippen MR) is 82.0 cm³/mol. The topological polar surface area (TPSA) is 72.9 Å². The number of nitrogen functional groups attached to an aromatic ring is 1. The van der Waals surface area contributed by atoms with Crippen LogP contribution < -0.4 is 15.6 Å². The molecule has 0 bridgehead atoms. The summed E-state index contributed by atoms with van der Waals surface area (Å²) in [5, 5.41) is 0. The number of carbonyl (C=O) groups is 1. The molecule has 6 heteroatoms. The molecule has 116 valence electrons. The second-order valence-corrected chi connectivity index (χ2v) is 6.47. The number of H-pyrrole nitrogens is 1. The minimum atomic E-state index is -0.455. The van der Waals surface area contributed by atoms with Gasteiger partial charge in [-0.25, -0.2) is 9.78 Å². The van der Waals surface area contributed by atoms with E-state index >= 15 is 0 Å². The summed E-state index contributed by atoms with van der Waals surface area (Å²) in [6.45, 7) is 9.84. The Morgan fingerprint density at radius 1 is 1.38 bits per heavy atom. The molecule has 0 aliphatic carbocycles. The lowest BCUT2D eigenvalue weighted by molar-refractivity contribution is -0.359. The van der Waals surface area contributed by atoms with Crippen LogP contribution in [0.25, 0.3) is 0 Å². The summed E-state index contributed by atoms with van der Waals surface area (Å²) in [5.41, 5.74) is 6.30. The van der Waals surface area contributed by atoms with E-state index in [0.717, 1.165) is 12.2 Å². The number of nitrogens with two attached hydrogens (primary N) is 1. The smallest absolute Gasteiger partial charge is 0.410 e. The number of aromatic nitrogens is 1. The van der Waals surface area contributed by atoms with Gasteiger partial charge in [-0.15, -0.1) is 0 Å². The summed E-state index contributed by atoms with van der Waals surface area (Å²) in [4.78, 5) is 19.2. The number of piperazine rings is 1. The summed E-state index contributed by atoms with van der Waals surface area (Å²) < 4.78 is 5.43. The fourth-order valence-electron chi connectivity index (χ4n) is 2.44. The summed E-state index contributed by atoms with van der Waals surface area (Å²) >= 11 is 0. The Morgan fingerprint density at radius 2 is 2.10 bits per heavy atom. The van der Waals surface area contributed by atoms with Gasteiger partial charge < -0.3 is 14.5 Å². The first-order chi connectivity index (χ1) is 9.76. The first-order valence-corrected chi connectivity index (χ1v) is 7.28. The van der Waals surface area contributed by atoms with Crippen LogP contribution in [0.3, 0.4) is 0 Å². The van der Waals surface area contributed by atoms with Gasteiger partial charge in [0.2, 0.25) is 0 Å². The summed E-state index contributed by atoms with van der Waals surface area (Å²) in [6, 6.07) is 4.07. The van der Waals surface area contributed by atoms with Gasteiger partial charge in [-0.2, -0.15) is 0 Å². The number of aromatic amines is 1. The standard InChI is InChI=1S/C15H24N4O2/c1-11-10-18(14(20)21-15(2,3)4)7-8-19(11)12-5-6-13(16)17-9-12/h5-6,9,11H,7-8,10H2,1-4H3,(H2,16,17)/p+1. The van der Waals surface area contributed by atoms with E-state index in [0.29, 0.717) is 18.9 Å². The Bertz CT molecular complexity index is 495. The van der Waals surface area contributed by atoms with Crippen molar-refractivity contribution in [1.82, 2.24) is 4.90 Å². The molecule has 1 unspecified atom stereocenters. The van der Waals surface area contributed by atoms with Crippen LogP contribution >= 0.6 is 0 Å². The van der Waals surface area contributed by atoms with Crippen LogP contribution in [0.4, 0.5) is 16.3 Å². The summed E-state index contributed by atoms with van der Waals surface area (Å²) in [7, 11) is 0. The highest BCUT2D eigenvalue weighted by Gasteiger charge is 2.30. The zero-order valence-electron chi connectivity index (χ0n) is 13.2. The zero-order valence-corrected chi connectivity index (χ0v) is 13.2. The molecule has 0 aromatic carbocycles. The molecule has 1 fully saturated rings. The first kappa shape index (κ1) is 15.4. The third kappa shape index (κ3) is 4.00. The van der Waals surface area contributed by atoms with E-state index in [2.05, 4.69) is 16.8 Å². The Balaban J connectivity index is 1.99. The number of pyridine rings is 1. The van der Waals surface area contributed by atoms with Gasteiger partial charge in [0.05, 0.1) is 5.69 Å². The van der Waals surface area contributed by atoms with Gasteiger partial charge in [-0.1, -0.05) is 0 Å². The van der Waals surface area contributed by atoms with Gasteiger partial charge in [-0.05, 0) is 33.8 Å². The van der Waals surface area contributed by atoms with Crippen LogP contribution in [0, 0.1) is 0 Å². The number of nitrogens with one attached hydrogen (secondary N) is 1. The van der Waals surface area contributed by atoms with E-state index in [1.54, 1.807) is 4.90 Å². The molecule has 1 aromatic rings. The zero-order chi connectivity index (χ0) is 15.6. The largest absolute Gasteiger partial charge is 0.444 e. The van der Waals surface area contributed by atoms with Crippen molar-refractivity contribution >= 4 is 17.6 Å². The van der Waals surface area contributed by atoms with Gasteiger partial charge in [0, 0.05) is 31.7 Å². The minimum absolute atomic E-state index is 0.225. The van der Waals surface area contributed by atoms with Crippen molar-refractivity contribution in [2.75, 3.05) is 30.3 Å². The fourth-order valence-corrected chi connectivity index (χ4v) is 2.44. The van der Waals surface area contributed by atoms with Gasteiger partial charge in [0.1, 0.15) is 11.8 Å². The van der Waals surface area contributed by atoms with Crippen LogP contribution in [0.5, 0.6) is 0 Å². The number of nitrogens with zero attached hydrogens (tertiary/aromatic N) is 2. The molecule has 0 saturated carbocycles. The van der Waals surface area contributed by atoms with Gasteiger partial charge in [-0.3, -0.25) is 5.73 Å². The number of amides is 1. The van der Waals surface area contributed by atoms with Crippen LogP contribution in [-0.2, 0) is 4.74 Å². The van der Waals surface area contributed by atoms with Crippen LogP contribution in [0.15, 0.2) is 18.3 Å². The molecule has 1 aliphatic heterocycles. The van der Waals surface area contributed by atoms with Crippen molar-refractivity contribution in [3.8, 4) is 0 Å². The molecule has 2 rings (SSSR count). The Kier molecular flexibility index (Phi) is 4.25. The molecular weight excluding hydrogens is 268 g/mol. The maximum Gasteiger partial charge on any atom is 0.410 e. The molecule has 1 atom stereocenters. The van der Waals surface area contributed by atoms with E-state index in [-0.39, 0.29) is 12.1 Å². The summed E-state index contributed by atoms with van der Waals surface area (Å²) in [6.07, 6.45) is 1.66.